The van der Waals surface area contributed by atoms with Gasteiger partial charge in [0.2, 0.25) is 0 Å². The lowest BCUT2D eigenvalue weighted by Crippen LogP contribution is -2.23. The van der Waals surface area contributed by atoms with Crippen LogP contribution in [0.25, 0.3) is 21.8 Å². The van der Waals surface area contributed by atoms with E-state index in [1.807, 2.05) is 30.5 Å². The Morgan fingerprint density at radius 1 is 1.17 bits per heavy atom. The summed E-state index contributed by atoms with van der Waals surface area (Å²) in [6, 6.07) is 17.1. The smallest absolute Gasteiger partial charge is 0.251 e. The summed E-state index contributed by atoms with van der Waals surface area (Å²) >= 11 is 6.16. The molecule has 1 aliphatic heterocycles. The normalized spacial score (nSPS) is 15.0. The zero-order valence-corrected chi connectivity index (χ0v) is 19.7. The average Bonchev–Trinajstić information content (AvgIpc) is 3.44. The lowest BCUT2D eigenvalue weighted by atomic mass is 9.96. The Morgan fingerprint density at radius 3 is 2.94 bits per heavy atom. The van der Waals surface area contributed by atoms with Crippen molar-refractivity contribution in [3.63, 3.8) is 0 Å². The van der Waals surface area contributed by atoms with E-state index in [1.165, 1.54) is 11.6 Å². The van der Waals surface area contributed by atoms with Crippen LogP contribution in [0.2, 0.25) is 5.02 Å². The Hall–Kier alpha value is -3.74. The van der Waals surface area contributed by atoms with Crippen LogP contribution in [-0.2, 0) is 13.1 Å². The summed E-state index contributed by atoms with van der Waals surface area (Å²) in [5, 5.41) is 8.71. The Balaban J connectivity index is 1.25. The molecule has 1 unspecified atom stereocenters. The summed E-state index contributed by atoms with van der Waals surface area (Å²) in [6.45, 7) is 2.85. The van der Waals surface area contributed by atoms with E-state index >= 15 is 0 Å². The van der Waals surface area contributed by atoms with Crippen molar-refractivity contribution < 1.29 is 9.18 Å². The first kappa shape index (κ1) is 21.8. The third-order valence-electron chi connectivity index (χ3n) is 6.64. The number of aromatic nitrogens is 2. The van der Waals surface area contributed by atoms with E-state index in [2.05, 4.69) is 45.7 Å². The largest absolute Gasteiger partial charge is 0.360 e. The number of amides is 1. The number of H-pyrrole nitrogens is 1. The number of nitrogens with one attached hydrogen (secondary N) is 3. The van der Waals surface area contributed by atoms with E-state index in [1.54, 1.807) is 12.3 Å². The highest BCUT2D eigenvalue weighted by atomic mass is 35.5. The van der Waals surface area contributed by atoms with E-state index in [0.717, 1.165) is 39.5 Å². The van der Waals surface area contributed by atoms with Crippen molar-refractivity contribution in [3.8, 4) is 0 Å². The summed E-state index contributed by atoms with van der Waals surface area (Å²) in [5.41, 5.74) is 6.93. The Bertz CT molecular complexity index is 1630. The molecule has 0 aliphatic carbocycles. The molecule has 0 saturated heterocycles. The molecule has 0 bridgehead atoms. The third-order valence-corrected chi connectivity index (χ3v) is 6.96. The molecular weight excluding hydrogens is 463 g/mol. The van der Waals surface area contributed by atoms with Crippen LogP contribution in [0.1, 0.15) is 44.2 Å². The van der Waals surface area contributed by atoms with Crippen molar-refractivity contribution >= 4 is 39.3 Å². The second-order valence-electron chi connectivity index (χ2n) is 9.00. The van der Waals surface area contributed by atoms with Crippen LogP contribution < -0.4 is 10.6 Å². The van der Waals surface area contributed by atoms with Crippen LogP contribution in [0.4, 0.5) is 4.39 Å². The molecule has 1 amide bonds. The topological polar surface area (TPSA) is 69.8 Å². The van der Waals surface area contributed by atoms with Gasteiger partial charge < -0.3 is 15.6 Å². The van der Waals surface area contributed by atoms with Crippen molar-refractivity contribution in [1.82, 2.24) is 20.6 Å². The summed E-state index contributed by atoms with van der Waals surface area (Å²) < 4.78 is 14.5. The van der Waals surface area contributed by atoms with Gasteiger partial charge in [0.15, 0.2) is 0 Å². The molecule has 174 valence electrons. The lowest BCUT2D eigenvalue weighted by Gasteiger charge is -2.14. The standard InChI is InChI=1S/C28H22ClFN4O/c1-15-2-5-25-18(6-15)7-20(13-31-25)27-21-8-16(3-4-17(21)11-33-27)28(35)34-12-19-9-22-23(29)14-32-26(22)10-24(19)30/h2-10,13-14,27,32-33H,11-12H2,1H3,(H,34,35). The quantitative estimate of drug-likeness (QED) is 0.295. The molecule has 1 aliphatic rings. The first-order valence-electron chi connectivity index (χ1n) is 11.4. The molecule has 3 heterocycles. The van der Waals surface area contributed by atoms with E-state index in [-0.39, 0.29) is 18.5 Å². The van der Waals surface area contributed by atoms with Crippen LogP contribution in [0.15, 0.2) is 67.0 Å². The second-order valence-corrected chi connectivity index (χ2v) is 9.41. The van der Waals surface area contributed by atoms with Gasteiger partial charge in [-0.3, -0.25) is 9.78 Å². The number of aromatic amines is 1. The molecule has 2 aromatic heterocycles. The molecule has 1 atom stereocenters. The minimum absolute atomic E-state index is 0.0502. The number of pyridine rings is 1. The molecule has 5 nitrogen and oxygen atoms in total. The van der Waals surface area contributed by atoms with Crippen LogP contribution in [0.3, 0.4) is 0 Å². The van der Waals surface area contributed by atoms with Gasteiger partial charge in [-0.1, -0.05) is 29.3 Å². The van der Waals surface area contributed by atoms with Crippen LogP contribution in [0, 0.1) is 12.7 Å². The second kappa shape index (κ2) is 8.48. The minimum Gasteiger partial charge on any atom is -0.360 e. The number of carbonyl (C=O) groups excluding carboxylic acids is 1. The summed E-state index contributed by atoms with van der Waals surface area (Å²) in [4.78, 5) is 20.5. The third kappa shape index (κ3) is 3.95. The molecule has 0 fully saturated rings. The van der Waals surface area contributed by atoms with Gasteiger partial charge >= 0.3 is 0 Å². The first-order valence-corrected chi connectivity index (χ1v) is 11.8. The zero-order chi connectivity index (χ0) is 24.1. The van der Waals surface area contributed by atoms with Gasteiger partial charge in [0.25, 0.3) is 5.91 Å². The molecule has 0 radical (unpaired) electrons. The number of hydrogen-bond acceptors (Lipinski definition) is 3. The fourth-order valence-corrected chi connectivity index (χ4v) is 4.99. The van der Waals surface area contributed by atoms with Crippen LogP contribution in [0.5, 0.6) is 0 Å². The Morgan fingerprint density at radius 2 is 2.06 bits per heavy atom. The number of benzene rings is 3. The van der Waals surface area contributed by atoms with Crippen molar-refractivity contribution in [1.29, 1.82) is 0 Å². The fraction of sp³-hybridized carbons (Fsp3) is 0.143. The SMILES string of the molecule is Cc1ccc2ncc(C3NCc4ccc(C(=O)NCc5cc6c(Cl)c[nH]c6cc5F)cc43)cc2c1. The van der Waals surface area contributed by atoms with Gasteiger partial charge in [-0.15, -0.1) is 0 Å². The molecule has 5 aromatic rings. The number of rotatable bonds is 4. The van der Waals surface area contributed by atoms with Gasteiger partial charge in [-0.25, -0.2) is 4.39 Å². The molecule has 3 aromatic carbocycles. The fourth-order valence-electron chi connectivity index (χ4n) is 4.78. The first-order chi connectivity index (χ1) is 17.0. The number of fused-ring (bicyclic) bond motifs is 3. The maximum Gasteiger partial charge on any atom is 0.251 e. The van der Waals surface area contributed by atoms with Gasteiger partial charge in [-0.05, 0) is 66.1 Å². The van der Waals surface area contributed by atoms with Crippen molar-refractivity contribution in [2.45, 2.75) is 26.1 Å². The van der Waals surface area contributed by atoms with E-state index < -0.39 is 5.82 Å². The highest BCUT2D eigenvalue weighted by Crippen LogP contribution is 2.33. The van der Waals surface area contributed by atoms with Gasteiger partial charge in [0.05, 0.1) is 16.6 Å². The van der Waals surface area contributed by atoms with E-state index in [9.17, 15) is 9.18 Å². The number of hydrogen-bond donors (Lipinski definition) is 3. The maximum absolute atomic E-state index is 14.5. The molecule has 0 spiro atoms. The van der Waals surface area contributed by atoms with Gasteiger partial charge in [0, 0.05) is 52.9 Å². The minimum atomic E-state index is -0.395. The van der Waals surface area contributed by atoms with Crippen LogP contribution in [-0.4, -0.2) is 15.9 Å². The Labute approximate surface area is 206 Å². The van der Waals surface area contributed by atoms with Crippen molar-refractivity contribution in [2.24, 2.45) is 0 Å². The molecular formula is C28H22ClFN4O. The molecule has 3 N–H and O–H groups in total. The average molecular weight is 485 g/mol. The zero-order valence-electron chi connectivity index (χ0n) is 19.0. The summed E-state index contributed by atoms with van der Waals surface area (Å²) in [7, 11) is 0. The molecule has 0 saturated carbocycles. The summed E-state index contributed by atoms with van der Waals surface area (Å²) in [6.07, 6.45) is 3.51. The predicted molar refractivity (Wildman–Crippen MR) is 136 cm³/mol. The highest BCUT2D eigenvalue weighted by Gasteiger charge is 2.25. The van der Waals surface area contributed by atoms with E-state index in [4.69, 9.17) is 11.6 Å². The van der Waals surface area contributed by atoms with E-state index in [0.29, 0.717) is 21.7 Å². The molecule has 6 rings (SSSR count). The molecule has 35 heavy (non-hydrogen) atoms. The van der Waals surface area contributed by atoms with Crippen LogP contribution >= 0.6 is 11.6 Å². The monoisotopic (exact) mass is 484 g/mol. The highest BCUT2D eigenvalue weighted by molar-refractivity contribution is 6.35. The maximum atomic E-state index is 14.5. The van der Waals surface area contributed by atoms with Gasteiger partial charge in [0.1, 0.15) is 5.82 Å². The van der Waals surface area contributed by atoms with Crippen molar-refractivity contribution in [3.05, 3.63) is 111 Å². The lowest BCUT2D eigenvalue weighted by molar-refractivity contribution is 0.0950. The number of nitrogens with zero attached hydrogens (tertiary/aromatic N) is 1. The summed E-state index contributed by atoms with van der Waals surface area (Å²) in [5.74, 6) is -0.654. The number of carbonyl (C=O) groups is 1. The number of halogens is 2. The van der Waals surface area contributed by atoms with Gasteiger partial charge in [-0.2, -0.15) is 0 Å². The van der Waals surface area contributed by atoms with Crippen molar-refractivity contribution in [2.75, 3.05) is 0 Å². The molecule has 7 heteroatoms. The number of aryl methyl sites for hydroxylation is 1. The Kier molecular flexibility index (Phi) is 5.28. The predicted octanol–water partition coefficient (Wildman–Crippen LogP) is 5.94.